The van der Waals surface area contributed by atoms with Crippen LogP contribution in [0, 0.1) is 17.9 Å². The zero-order chi connectivity index (χ0) is 12.3. The van der Waals surface area contributed by atoms with Crippen LogP contribution >= 0.6 is 11.6 Å². The fourth-order valence-corrected chi connectivity index (χ4v) is 1.70. The minimum Gasteiger partial charge on any atom is -0.371 e. The number of hydrogen-bond donors (Lipinski definition) is 0. The Hall–Kier alpha value is -1.78. The van der Waals surface area contributed by atoms with Crippen molar-refractivity contribution in [3.05, 3.63) is 27.7 Å². The highest BCUT2D eigenvalue weighted by molar-refractivity contribution is 6.31. The van der Waals surface area contributed by atoms with Gasteiger partial charge in [-0.15, -0.1) is 0 Å². The Balaban J connectivity index is 3.67. The summed E-state index contributed by atoms with van der Waals surface area (Å²) >= 11 is 5.92. The van der Waals surface area contributed by atoms with Gasteiger partial charge in [-0.1, -0.05) is 18.5 Å². The smallest absolute Gasteiger partial charge is 0.232 e. The summed E-state index contributed by atoms with van der Waals surface area (Å²) < 4.78 is 0. The van der Waals surface area contributed by atoms with E-state index in [1.54, 1.807) is 19.0 Å². The standard InChI is InChI=1S/C11H11ClN4/c1-5-7-8(6-13)10(12)15-11(16(3)4)9(7)14-2/h5H2,1,3-4H3. The van der Waals surface area contributed by atoms with Crippen molar-refractivity contribution >= 4 is 23.1 Å². The molecule has 0 aromatic carbocycles. The van der Waals surface area contributed by atoms with Gasteiger partial charge in [0, 0.05) is 14.1 Å². The summed E-state index contributed by atoms with van der Waals surface area (Å²) in [4.78, 5) is 9.25. The van der Waals surface area contributed by atoms with E-state index in [4.69, 9.17) is 23.4 Å². The number of halogens is 1. The lowest BCUT2D eigenvalue weighted by Gasteiger charge is -2.16. The molecule has 82 valence electrons. The minimum atomic E-state index is 0.162. The predicted molar refractivity (Wildman–Crippen MR) is 63.9 cm³/mol. The zero-order valence-electron chi connectivity index (χ0n) is 9.37. The molecule has 0 spiro atoms. The summed E-state index contributed by atoms with van der Waals surface area (Å²) in [7, 11) is 3.58. The van der Waals surface area contributed by atoms with Crippen LogP contribution in [0.25, 0.3) is 4.85 Å². The van der Waals surface area contributed by atoms with E-state index in [0.29, 0.717) is 29.1 Å². The molecule has 1 heterocycles. The second kappa shape index (κ2) is 4.83. The Morgan fingerprint density at radius 1 is 1.56 bits per heavy atom. The predicted octanol–water partition coefficient (Wildman–Crippen LogP) is 2.79. The zero-order valence-corrected chi connectivity index (χ0v) is 10.1. The van der Waals surface area contributed by atoms with Gasteiger partial charge >= 0.3 is 0 Å². The van der Waals surface area contributed by atoms with Crippen molar-refractivity contribution in [1.82, 2.24) is 4.98 Å². The Kier molecular flexibility index (Phi) is 3.71. The number of pyridine rings is 1. The highest BCUT2D eigenvalue weighted by Crippen LogP contribution is 2.35. The van der Waals surface area contributed by atoms with Gasteiger partial charge in [0.1, 0.15) is 17.0 Å². The van der Waals surface area contributed by atoms with E-state index in [1.165, 1.54) is 0 Å². The average molecular weight is 235 g/mol. The first kappa shape index (κ1) is 12.3. The van der Waals surface area contributed by atoms with Crippen LogP contribution in [0.5, 0.6) is 0 Å². The average Bonchev–Trinajstić information content (AvgIpc) is 2.27. The molecule has 0 bridgehead atoms. The van der Waals surface area contributed by atoms with Gasteiger partial charge in [-0.3, -0.25) is 0 Å². The van der Waals surface area contributed by atoms with E-state index in [0.717, 1.165) is 0 Å². The highest BCUT2D eigenvalue weighted by Gasteiger charge is 2.18. The third-order valence-electron chi connectivity index (χ3n) is 2.21. The van der Waals surface area contributed by atoms with Gasteiger partial charge in [-0.05, 0) is 12.0 Å². The lowest BCUT2D eigenvalue weighted by Crippen LogP contribution is -2.12. The van der Waals surface area contributed by atoms with E-state index in [9.17, 15) is 0 Å². The fourth-order valence-electron chi connectivity index (χ4n) is 1.47. The van der Waals surface area contributed by atoms with Crippen LogP contribution in [-0.4, -0.2) is 19.1 Å². The summed E-state index contributed by atoms with van der Waals surface area (Å²) in [6.07, 6.45) is 0.587. The minimum absolute atomic E-state index is 0.162. The monoisotopic (exact) mass is 234 g/mol. The number of anilines is 1. The summed E-state index contributed by atoms with van der Waals surface area (Å²) in [5.74, 6) is 0.510. The van der Waals surface area contributed by atoms with Crippen molar-refractivity contribution in [3.8, 4) is 6.07 Å². The first-order valence-electron chi connectivity index (χ1n) is 4.74. The number of nitrogens with zero attached hydrogens (tertiary/aromatic N) is 4. The molecule has 0 fully saturated rings. The lowest BCUT2D eigenvalue weighted by molar-refractivity contribution is 1.04. The quantitative estimate of drug-likeness (QED) is 0.584. The van der Waals surface area contributed by atoms with Gasteiger partial charge in [0.25, 0.3) is 0 Å². The van der Waals surface area contributed by atoms with Crippen molar-refractivity contribution < 1.29 is 0 Å². The van der Waals surface area contributed by atoms with Crippen LogP contribution < -0.4 is 4.90 Å². The molecule has 0 amide bonds. The third kappa shape index (κ3) is 1.93. The molecule has 0 aliphatic carbocycles. The second-order valence-electron chi connectivity index (χ2n) is 3.40. The Labute approximate surface area is 99.9 Å². The number of hydrogen-bond acceptors (Lipinski definition) is 3. The Morgan fingerprint density at radius 3 is 2.56 bits per heavy atom. The summed E-state index contributed by atoms with van der Waals surface area (Å²) in [5, 5.41) is 9.15. The van der Waals surface area contributed by atoms with Gasteiger partial charge in [0.2, 0.25) is 5.69 Å². The van der Waals surface area contributed by atoms with Crippen molar-refractivity contribution in [2.75, 3.05) is 19.0 Å². The van der Waals surface area contributed by atoms with Gasteiger partial charge in [-0.2, -0.15) is 5.26 Å². The van der Waals surface area contributed by atoms with Gasteiger partial charge in [0.05, 0.1) is 12.1 Å². The van der Waals surface area contributed by atoms with Crippen LogP contribution in [-0.2, 0) is 6.42 Å². The summed E-state index contributed by atoms with van der Waals surface area (Å²) in [6.45, 7) is 9.06. The van der Waals surface area contributed by atoms with Crippen LogP contribution in [0.2, 0.25) is 5.15 Å². The SMILES string of the molecule is [C-]#[N+]c1c(N(C)C)nc(Cl)c(C#N)c1CC. The molecule has 0 saturated heterocycles. The highest BCUT2D eigenvalue weighted by atomic mass is 35.5. The largest absolute Gasteiger partial charge is 0.371 e. The molecule has 0 N–H and O–H groups in total. The van der Waals surface area contributed by atoms with Crippen molar-refractivity contribution in [3.63, 3.8) is 0 Å². The maximum Gasteiger partial charge on any atom is 0.232 e. The summed E-state index contributed by atoms with van der Waals surface area (Å²) in [6, 6.07) is 2.00. The van der Waals surface area contributed by atoms with E-state index in [2.05, 4.69) is 9.83 Å². The lowest BCUT2D eigenvalue weighted by atomic mass is 10.1. The normalized spacial score (nSPS) is 9.38. The van der Waals surface area contributed by atoms with Gasteiger partial charge in [0.15, 0.2) is 0 Å². The molecular weight excluding hydrogens is 224 g/mol. The molecule has 0 saturated carbocycles. The number of aromatic nitrogens is 1. The van der Waals surface area contributed by atoms with E-state index in [1.807, 2.05) is 13.0 Å². The van der Waals surface area contributed by atoms with Crippen molar-refractivity contribution in [1.29, 1.82) is 5.26 Å². The first-order valence-corrected chi connectivity index (χ1v) is 5.11. The molecule has 4 nitrogen and oxygen atoms in total. The van der Waals surface area contributed by atoms with Crippen molar-refractivity contribution in [2.45, 2.75) is 13.3 Å². The third-order valence-corrected chi connectivity index (χ3v) is 2.48. The maximum absolute atomic E-state index is 8.99. The van der Waals surface area contributed by atoms with Crippen LogP contribution in [0.4, 0.5) is 11.5 Å². The molecule has 16 heavy (non-hydrogen) atoms. The topological polar surface area (TPSA) is 44.3 Å². The van der Waals surface area contributed by atoms with Gasteiger partial charge < -0.3 is 4.90 Å². The van der Waals surface area contributed by atoms with Crippen molar-refractivity contribution in [2.24, 2.45) is 0 Å². The molecule has 0 aliphatic heterocycles. The molecule has 0 radical (unpaired) electrons. The fraction of sp³-hybridized carbons (Fsp3) is 0.364. The molecule has 1 rings (SSSR count). The van der Waals surface area contributed by atoms with Crippen LogP contribution in [0.1, 0.15) is 18.1 Å². The van der Waals surface area contributed by atoms with E-state index in [-0.39, 0.29) is 5.15 Å². The molecule has 1 aromatic heterocycles. The molecule has 1 aromatic rings. The van der Waals surface area contributed by atoms with Gasteiger partial charge in [-0.25, -0.2) is 9.83 Å². The van der Waals surface area contributed by atoms with E-state index < -0.39 is 0 Å². The van der Waals surface area contributed by atoms with E-state index >= 15 is 0 Å². The molecule has 0 aliphatic rings. The van der Waals surface area contributed by atoms with Crippen LogP contribution in [0.3, 0.4) is 0 Å². The molecular formula is C11H11ClN4. The maximum atomic E-state index is 8.99. The van der Waals surface area contributed by atoms with Crippen LogP contribution in [0.15, 0.2) is 0 Å². The Morgan fingerprint density at radius 2 is 2.19 bits per heavy atom. The number of nitriles is 1. The summed E-state index contributed by atoms with van der Waals surface area (Å²) in [5.41, 5.74) is 1.38. The molecule has 5 heteroatoms. The first-order chi connectivity index (χ1) is 7.56. The molecule has 0 unspecified atom stereocenters. The second-order valence-corrected chi connectivity index (χ2v) is 3.76. The Bertz CT molecular complexity index is 494. The molecule has 0 atom stereocenters. The number of rotatable bonds is 2.